The third kappa shape index (κ3) is 4.78. The first-order valence-electron chi connectivity index (χ1n) is 9.96. The average molecular weight is 476 g/mol. The van der Waals surface area contributed by atoms with Crippen molar-refractivity contribution in [1.29, 1.82) is 0 Å². The second-order valence-corrected chi connectivity index (χ2v) is 11.8. The van der Waals surface area contributed by atoms with Gasteiger partial charge in [-0.05, 0) is 40.2 Å². The molecule has 0 aliphatic carbocycles. The van der Waals surface area contributed by atoms with Crippen LogP contribution in [-0.4, -0.2) is 42.0 Å². The van der Waals surface area contributed by atoms with Crippen molar-refractivity contribution in [3.8, 4) is 0 Å². The molecule has 0 fully saturated rings. The Bertz CT molecular complexity index is 842. The van der Waals surface area contributed by atoms with E-state index in [9.17, 15) is 9.13 Å². The molecule has 1 aliphatic rings. The SMILES string of the molecule is CCOP(=O)(OCC)C1(P(=O)(OCC)OCC)CC(C(=S)c2cccc(C)c2)=NN1. The van der Waals surface area contributed by atoms with E-state index in [4.69, 9.17) is 30.3 Å². The predicted octanol–water partition coefficient (Wildman–Crippen LogP) is 5.25. The van der Waals surface area contributed by atoms with E-state index in [1.807, 2.05) is 31.2 Å². The molecular formula is C19H30N2O6P2S. The van der Waals surface area contributed by atoms with Crippen molar-refractivity contribution in [3.05, 3.63) is 35.4 Å². The lowest BCUT2D eigenvalue weighted by molar-refractivity contribution is 0.172. The maximum Gasteiger partial charge on any atom is 0.370 e. The highest BCUT2D eigenvalue weighted by Crippen LogP contribution is 2.78. The summed E-state index contributed by atoms with van der Waals surface area (Å²) in [6, 6.07) is 7.65. The summed E-state index contributed by atoms with van der Waals surface area (Å²) < 4.78 is 50.2. The maximum atomic E-state index is 13.9. The van der Waals surface area contributed by atoms with Gasteiger partial charge in [-0.25, -0.2) is 0 Å². The fourth-order valence-corrected chi connectivity index (χ4v) is 8.73. The Balaban J connectivity index is 2.55. The van der Waals surface area contributed by atoms with E-state index in [2.05, 4.69) is 10.5 Å². The van der Waals surface area contributed by atoms with Crippen molar-refractivity contribution in [2.45, 2.75) is 46.1 Å². The number of hydrogen-bond donors (Lipinski definition) is 1. The number of aryl methyl sites for hydroxylation is 1. The summed E-state index contributed by atoms with van der Waals surface area (Å²) in [4.78, 5) is 0.451. The first-order chi connectivity index (χ1) is 14.2. The van der Waals surface area contributed by atoms with Crippen molar-refractivity contribution >= 4 is 38.0 Å². The Kier molecular flexibility index (Phi) is 8.95. The average Bonchev–Trinajstić information content (AvgIpc) is 3.16. The highest BCUT2D eigenvalue weighted by molar-refractivity contribution is 7.82. The summed E-state index contributed by atoms with van der Waals surface area (Å²) in [5.41, 5.74) is 5.01. The predicted molar refractivity (Wildman–Crippen MR) is 123 cm³/mol. The van der Waals surface area contributed by atoms with Crippen molar-refractivity contribution in [2.24, 2.45) is 5.10 Å². The minimum atomic E-state index is -4.06. The molecule has 2 rings (SSSR count). The molecule has 1 N–H and O–H groups in total. The van der Waals surface area contributed by atoms with Gasteiger partial charge in [0.05, 0.1) is 37.0 Å². The molecule has 0 unspecified atom stereocenters. The number of nitrogens with one attached hydrogen (secondary N) is 1. The fraction of sp³-hybridized carbons (Fsp3) is 0.579. The van der Waals surface area contributed by atoms with E-state index in [-0.39, 0.29) is 32.8 Å². The van der Waals surface area contributed by atoms with Crippen LogP contribution in [0.3, 0.4) is 0 Å². The van der Waals surface area contributed by atoms with E-state index in [1.165, 1.54) is 0 Å². The van der Waals surface area contributed by atoms with Gasteiger partial charge in [-0.3, -0.25) is 14.6 Å². The molecule has 0 atom stereocenters. The lowest BCUT2D eigenvalue weighted by Crippen LogP contribution is -2.42. The Morgan fingerprint density at radius 3 is 1.97 bits per heavy atom. The highest BCUT2D eigenvalue weighted by atomic mass is 32.1. The summed E-state index contributed by atoms with van der Waals surface area (Å²) in [6.45, 7) is 9.00. The van der Waals surface area contributed by atoms with Crippen LogP contribution in [0.4, 0.5) is 0 Å². The van der Waals surface area contributed by atoms with Gasteiger partial charge in [0.15, 0.2) is 0 Å². The molecule has 0 saturated carbocycles. The van der Waals surface area contributed by atoms with Crippen molar-refractivity contribution in [3.63, 3.8) is 0 Å². The maximum absolute atomic E-state index is 13.9. The molecule has 30 heavy (non-hydrogen) atoms. The molecule has 1 aromatic carbocycles. The summed E-state index contributed by atoms with van der Waals surface area (Å²) in [6.07, 6.45) is -0.0890. The summed E-state index contributed by atoms with van der Waals surface area (Å²) in [5, 5.41) is 2.49. The van der Waals surface area contributed by atoms with Crippen LogP contribution >= 0.6 is 27.4 Å². The molecule has 8 nitrogen and oxygen atoms in total. The van der Waals surface area contributed by atoms with Gasteiger partial charge >= 0.3 is 15.2 Å². The molecule has 0 radical (unpaired) electrons. The number of thiocarbonyl (C=S) groups is 1. The van der Waals surface area contributed by atoms with Crippen LogP contribution in [0.25, 0.3) is 0 Å². The number of benzene rings is 1. The van der Waals surface area contributed by atoms with Crippen molar-refractivity contribution in [1.82, 2.24) is 5.43 Å². The topological polar surface area (TPSA) is 95.5 Å². The van der Waals surface area contributed by atoms with E-state index >= 15 is 0 Å². The molecular weight excluding hydrogens is 446 g/mol. The molecule has 0 amide bonds. The summed E-state index contributed by atoms with van der Waals surface area (Å²) >= 11 is 5.63. The van der Waals surface area contributed by atoms with Crippen LogP contribution in [0.5, 0.6) is 0 Å². The Hall–Kier alpha value is -0.920. The Morgan fingerprint density at radius 1 is 1.03 bits per heavy atom. The third-order valence-corrected chi connectivity index (χ3v) is 11.1. The zero-order valence-corrected chi connectivity index (χ0v) is 20.6. The van der Waals surface area contributed by atoms with E-state index in [0.29, 0.717) is 10.6 Å². The first-order valence-corrected chi connectivity index (χ1v) is 13.4. The van der Waals surface area contributed by atoms with E-state index < -0.39 is 20.2 Å². The molecule has 0 bridgehead atoms. The van der Waals surface area contributed by atoms with Crippen LogP contribution in [0.1, 0.15) is 45.2 Å². The van der Waals surface area contributed by atoms with E-state index in [1.54, 1.807) is 27.7 Å². The van der Waals surface area contributed by atoms with Crippen LogP contribution < -0.4 is 5.43 Å². The molecule has 168 valence electrons. The van der Waals surface area contributed by atoms with Gasteiger partial charge < -0.3 is 18.1 Å². The largest absolute Gasteiger partial charge is 0.370 e. The van der Waals surface area contributed by atoms with Crippen molar-refractivity contribution in [2.75, 3.05) is 26.4 Å². The molecule has 1 aliphatic heterocycles. The minimum absolute atomic E-state index is 0.0800. The standard InChI is InChI=1S/C19H30N2O6P2S/c1-6-24-28(22,25-7-2)19(29(23,26-8-3)27-9-4)14-17(20-21-19)18(30)16-12-10-11-15(5)13-16/h10-13,21H,6-9,14H2,1-5H3. The number of rotatable bonds is 12. The summed E-state index contributed by atoms with van der Waals surface area (Å²) in [5.74, 6) is 0. The minimum Gasteiger partial charge on any atom is -0.307 e. The molecule has 0 spiro atoms. The molecule has 1 aromatic rings. The quantitative estimate of drug-likeness (QED) is 0.248. The van der Waals surface area contributed by atoms with Gasteiger partial charge in [-0.15, -0.1) is 0 Å². The second kappa shape index (κ2) is 10.6. The van der Waals surface area contributed by atoms with Gasteiger partial charge in [0, 0.05) is 6.42 Å². The molecule has 0 saturated heterocycles. The fourth-order valence-electron chi connectivity index (χ4n) is 3.20. The monoisotopic (exact) mass is 476 g/mol. The Labute approximate surface area is 183 Å². The first kappa shape index (κ1) is 25.3. The Morgan fingerprint density at radius 2 is 1.53 bits per heavy atom. The lowest BCUT2D eigenvalue weighted by atomic mass is 10.0. The molecule has 11 heteroatoms. The summed E-state index contributed by atoms with van der Waals surface area (Å²) in [7, 11) is -8.11. The zero-order valence-electron chi connectivity index (χ0n) is 18.0. The van der Waals surface area contributed by atoms with Crippen molar-refractivity contribution < 1.29 is 27.2 Å². The number of hydrazone groups is 1. The smallest absolute Gasteiger partial charge is 0.307 e. The second-order valence-electron chi connectivity index (χ2n) is 6.53. The van der Waals surface area contributed by atoms with Gasteiger partial charge in [-0.1, -0.05) is 42.0 Å². The van der Waals surface area contributed by atoms with Gasteiger partial charge in [0.25, 0.3) is 5.02 Å². The zero-order chi connectivity index (χ0) is 22.4. The van der Waals surface area contributed by atoms with Crippen LogP contribution in [0.15, 0.2) is 29.4 Å². The third-order valence-electron chi connectivity index (χ3n) is 4.43. The highest BCUT2D eigenvalue weighted by Gasteiger charge is 2.68. The normalized spacial score (nSPS) is 16.2. The number of nitrogens with zero attached hydrogens (tertiary/aromatic N) is 1. The molecule has 1 heterocycles. The van der Waals surface area contributed by atoms with Gasteiger partial charge in [0.2, 0.25) is 0 Å². The number of hydrogen-bond acceptors (Lipinski definition) is 9. The van der Waals surface area contributed by atoms with Crippen LogP contribution in [-0.2, 0) is 27.2 Å². The lowest BCUT2D eigenvalue weighted by Gasteiger charge is -2.38. The van der Waals surface area contributed by atoms with E-state index in [0.717, 1.165) is 11.1 Å². The van der Waals surface area contributed by atoms with Gasteiger partial charge in [0.1, 0.15) is 0 Å². The molecule has 0 aromatic heterocycles. The van der Waals surface area contributed by atoms with Crippen LogP contribution in [0.2, 0.25) is 0 Å². The van der Waals surface area contributed by atoms with Gasteiger partial charge in [-0.2, -0.15) is 5.10 Å². The van der Waals surface area contributed by atoms with Crippen LogP contribution in [0, 0.1) is 6.92 Å².